The van der Waals surface area contributed by atoms with E-state index in [4.69, 9.17) is 9.72 Å². The number of thiazole rings is 1. The minimum Gasteiger partial charge on any atom is -0.377 e. The first kappa shape index (κ1) is 15.4. The van der Waals surface area contributed by atoms with Gasteiger partial charge in [-0.05, 0) is 32.6 Å². The molecule has 22 heavy (non-hydrogen) atoms. The van der Waals surface area contributed by atoms with E-state index in [2.05, 4.69) is 15.3 Å². The van der Waals surface area contributed by atoms with Crippen LogP contribution in [-0.4, -0.2) is 28.6 Å². The number of nitrogens with zero attached hydrogens (tertiary/aromatic N) is 3. The summed E-state index contributed by atoms with van der Waals surface area (Å²) in [5.74, 6) is 1.58. The molecule has 0 atom stereocenters. The Kier molecular flexibility index (Phi) is 5.00. The molecule has 0 aliphatic heterocycles. The molecule has 2 heterocycles. The fourth-order valence-corrected chi connectivity index (χ4v) is 3.88. The van der Waals surface area contributed by atoms with E-state index in [1.54, 1.807) is 7.11 Å². The van der Waals surface area contributed by atoms with E-state index >= 15 is 0 Å². The maximum Gasteiger partial charge on any atom is 0.156 e. The van der Waals surface area contributed by atoms with Crippen LogP contribution in [0.4, 0.5) is 5.82 Å². The van der Waals surface area contributed by atoms with E-state index in [1.807, 2.05) is 24.3 Å². The van der Waals surface area contributed by atoms with Crippen molar-refractivity contribution in [1.29, 1.82) is 0 Å². The molecular weight excluding hydrogens is 296 g/mol. The highest BCUT2D eigenvalue weighted by molar-refractivity contribution is 7.11. The fourth-order valence-electron chi connectivity index (χ4n) is 2.72. The van der Waals surface area contributed by atoms with Crippen LogP contribution in [-0.2, 0) is 30.6 Å². The summed E-state index contributed by atoms with van der Waals surface area (Å²) in [6.07, 6.45) is 5.92. The van der Waals surface area contributed by atoms with Crippen molar-refractivity contribution < 1.29 is 4.74 Å². The third-order valence-corrected chi connectivity index (χ3v) is 4.93. The van der Waals surface area contributed by atoms with Crippen molar-refractivity contribution in [2.75, 3.05) is 19.0 Å². The third-order valence-electron chi connectivity index (χ3n) is 3.71. The lowest BCUT2D eigenvalue weighted by Gasteiger charge is -2.07. The highest BCUT2D eigenvalue weighted by Gasteiger charge is 2.14. The Morgan fingerprint density at radius 2 is 2.09 bits per heavy atom. The molecule has 118 valence electrons. The molecule has 0 bridgehead atoms. The minimum atomic E-state index is 0.440. The normalized spacial score (nSPS) is 13.9. The van der Waals surface area contributed by atoms with Crippen LogP contribution in [0.5, 0.6) is 0 Å². The number of hydrogen-bond acceptors (Lipinski definition) is 6. The number of nitrogens with one attached hydrogen (secondary N) is 1. The summed E-state index contributed by atoms with van der Waals surface area (Å²) in [6.45, 7) is 3.26. The summed E-state index contributed by atoms with van der Waals surface area (Å²) in [6, 6.07) is 1.96. The Labute approximate surface area is 135 Å². The van der Waals surface area contributed by atoms with Gasteiger partial charge in [-0.1, -0.05) is 0 Å². The van der Waals surface area contributed by atoms with Crippen molar-refractivity contribution in [3.63, 3.8) is 0 Å². The third kappa shape index (κ3) is 3.81. The molecule has 0 saturated heterocycles. The molecule has 0 aromatic carbocycles. The van der Waals surface area contributed by atoms with Gasteiger partial charge >= 0.3 is 0 Å². The zero-order valence-corrected chi connectivity index (χ0v) is 14.0. The van der Waals surface area contributed by atoms with Crippen LogP contribution in [0, 0.1) is 6.92 Å². The van der Waals surface area contributed by atoms with Gasteiger partial charge in [0.2, 0.25) is 0 Å². The summed E-state index contributed by atoms with van der Waals surface area (Å²) >= 11 is 1.88. The van der Waals surface area contributed by atoms with Crippen LogP contribution in [0.1, 0.15) is 39.9 Å². The number of hydrogen-bond donors (Lipinski definition) is 1. The Hall–Kier alpha value is -1.53. The highest BCUT2D eigenvalue weighted by atomic mass is 32.1. The highest BCUT2D eigenvalue weighted by Crippen LogP contribution is 2.26. The van der Waals surface area contributed by atoms with E-state index in [-0.39, 0.29) is 0 Å². The quantitative estimate of drug-likeness (QED) is 0.887. The minimum absolute atomic E-state index is 0.440. The smallest absolute Gasteiger partial charge is 0.156 e. The van der Waals surface area contributed by atoms with Gasteiger partial charge in [-0.25, -0.2) is 15.0 Å². The monoisotopic (exact) mass is 318 g/mol. The summed E-state index contributed by atoms with van der Waals surface area (Å²) in [4.78, 5) is 15.1. The number of aromatic nitrogens is 3. The van der Waals surface area contributed by atoms with Crippen molar-refractivity contribution in [2.24, 2.45) is 0 Å². The first-order valence-electron chi connectivity index (χ1n) is 7.79. The maximum absolute atomic E-state index is 5.10. The summed E-state index contributed by atoms with van der Waals surface area (Å²) in [7, 11) is 1.66. The molecule has 3 rings (SSSR count). The number of ether oxygens (including phenoxy) is 1. The average Bonchev–Trinajstić information content (AvgIpc) is 2.89. The van der Waals surface area contributed by atoms with Crippen molar-refractivity contribution >= 4 is 17.2 Å². The molecule has 0 spiro atoms. The van der Waals surface area contributed by atoms with Crippen molar-refractivity contribution in [1.82, 2.24) is 15.0 Å². The Balaban J connectivity index is 1.57. The molecule has 5 nitrogen and oxygen atoms in total. The van der Waals surface area contributed by atoms with E-state index in [9.17, 15) is 0 Å². The van der Waals surface area contributed by atoms with Crippen LogP contribution < -0.4 is 5.32 Å². The first-order chi connectivity index (χ1) is 10.7. The number of anilines is 1. The molecule has 6 heteroatoms. The van der Waals surface area contributed by atoms with Crippen molar-refractivity contribution in [2.45, 2.75) is 45.6 Å². The molecule has 0 radical (unpaired) electrons. The lowest BCUT2D eigenvalue weighted by molar-refractivity contribution is 0.177. The van der Waals surface area contributed by atoms with Gasteiger partial charge < -0.3 is 10.1 Å². The Bertz CT molecular complexity index is 618. The number of fused-ring (bicyclic) bond motifs is 1. The van der Waals surface area contributed by atoms with Gasteiger partial charge in [-0.15, -0.1) is 11.3 Å². The van der Waals surface area contributed by atoms with E-state index < -0.39 is 0 Å². The van der Waals surface area contributed by atoms with Crippen LogP contribution >= 0.6 is 11.3 Å². The fraction of sp³-hybridized carbons (Fsp3) is 0.562. The molecule has 2 aromatic rings. The maximum atomic E-state index is 5.10. The van der Waals surface area contributed by atoms with Crippen molar-refractivity contribution in [3.8, 4) is 0 Å². The predicted octanol–water partition coefficient (Wildman–Crippen LogP) is 2.92. The largest absolute Gasteiger partial charge is 0.377 e. The molecule has 1 aliphatic rings. The molecule has 1 aliphatic carbocycles. The van der Waals surface area contributed by atoms with Gasteiger partial charge in [0, 0.05) is 36.7 Å². The SMILES string of the molecule is COCc1nc(C)cc(NCCc2nc3c(s2)CCCC3)n1. The molecule has 0 fully saturated rings. The van der Waals surface area contributed by atoms with Crippen molar-refractivity contribution in [3.05, 3.63) is 33.2 Å². The first-order valence-corrected chi connectivity index (χ1v) is 8.61. The molecule has 2 aromatic heterocycles. The van der Waals surface area contributed by atoms with E-state index in [0.29, 0.717) is 6.61 Å². The number of rotatable bonds is 6. The standard InChI is InChI=1S/C16H22N4OS/c1-11-9-14(20-15(18-11)10-21-2)17-8-7-16-19-12-5-3-4-6-13(12)22-16/h9H,3-8,10H2,1-2H3,(H,17,18,20). The van der Waals surface area contributed by atoms with Crippen LogP contribution in [0.15, 0.2) is 6.07 Å². The molecule has 0 unspecified atom stereocenters. The second kappa shape index (κ2) is 7.15. The Morgan fingerprint density at radius 1 is 1.23 bits per heavy atom. The topological polar surface area (TPSA) is 59.9 Å². The van der Waals surface area contributed by atoms with E-state index in [0.717, 1.165) is 36.7 Å². The van der Waals surface area contributed by atoms with Crippen LogP contribution in [0.25, 0.3) is 0 Å². The molecule has 1 N–H and O–H groups in total. The lowest BCUT2D eigenvalue weighted by Crippen LogP contribution is -2.09. The second-order valence-electron chi connectivity index (χ2n) is 5.61. The van der Waals surface area contributed by atoms with Gasteiger partial charge in [-0.2, -0.15) is 0 Å². The van der Waals surface area contributed by atoms with Gasteiger partial charge in [-0.3, -0.25) is 0 Å². The summed E-state index contributed by atoms with van der Waals surface area (Å²) in [5, 5.41) is 4.61. The number of aryl methyl sites for hydroxylation is 3. The van der Waals surface area contributed by atoms with Gasteiger partial charge in [0.15, 0.2) is 5.82 Å². The average molecular weight is 318 g/mol. The molecule has 0 saturated carbocycles. The van der Waals surface area contributed by atoms with Gasteiger partial charge in [0.25, 0.3) is 0 Å². The predicted molar refractivity (Wildman–Crippen MR) is 88.4 cm³/mol. The van der Waals surface area contributed by atoms with Crippen LogP contribution in [0.3, 0.4) is 0 Å². The van der Waals surface area contributed by atoms with Gasteiger partial charge in [0.1, 0.15) is 12.4 Å². The summed E-state index contributed by atoms with van der Waals surface area (Å²) < 4.78 is 5.10. The Morgan fingerprint density at radius 3 is 2.91 bits per heavy atom. The van der Waals surface area contributed by atoms with Gasteiger partial charge in [0.05, 0.1) is 10.7 Å². The molecule has 0 amide bonds. The second-order valence-corrected chi connectivity index (χ2v) is 6.77. The number of methoxy groups -OCH3 is 1. The van der Waals surface area contributed by atoms with Crippen LogP contribution in [0.2, 0.25) is 0 Å². The zero-order chi connectivity index (χ0) is 15.4. The molecular formula is C16H22N4OS. The van der Waals surface area contributed by atoms with E-state index in [1.165, 1.54) is 34.8 Å². The lowest BCUT2D eigenvalue weighted by atomic mass is 10.0. The zero-order valence-electron chi connectivity index (χ0n) is 13.2. The summed E-state index contributed by atoms with van der Waals surface area (Å²) in [5.41, 5.74) is 2.29.